The fourth-order valence-corrected chi connectivity index (χ4v) is 2.15. The molecule has 92 valence electrons. The number of esters is 1. The Morgan fingerprint density at radius 2 is 2.18 bits per heavy atom. The van der Waals surface area contributed by atoms with E-state index in [-0.39, 0.29) is 12.1 Å². The summed E-state index contributed by atoms with van der Waals surface area (Å²) in [4.78, 5) is 13.5. The number of ether oxygens (including phenoxy) is 1. The normalized spacial score (nSPS) is 20.4. The van der Waals surface area contributed by atoms with E-state index in [1.165, 1.54) is 5.56 Å². The fraction of sp³-hybridized carbons (Fsp3) is 0.500. The van der Waals surface area contributed by atoms with E-state index in [4.69, 9.17) is 4.74 Å². The van der Waals surface area contributed by atoms with Crippen molar-refractivity contribution in [1.29, 1.82) is 0 Å². The highest BCUT2D eigenvalue weighted by molar-refractivity contribution is 5.69. The van der Waals surface area contributed by atoms with E-state index in [0.29, 0.717) is 6.42 Å². The zero-order valence-electron chi connectivity index (χ0n) is 10.3. The molecule has 0 radical (unpaired) electrons. The molecule has 1 aromatic rings. The van der Waals surface area contributed by atoms with Crippen molar-refractivity contribution >= 4 is 5.97 Å². The monoisotopic (exact) mass is 233 g/mol. The number of benzene rings is 1. The zero-order valence-corrected chi connectivity index (χ0v) is 10.3. The summed E-state index contributed by atoms with van der Waals surface area (Å²) in [5.74, 6) is -0.0865. The first-order valence-electron chi connectivity index (χ1n) is 6.23. The lowest BCUT2D eigenvalue weighted by atomic mass is 10.2. The van der Waals surface area contributed by atoms with Crippen LogP contribution in [0.3, 0.4) is 0 Å². The van der Waals surface area contributed by atoms with Gasteiger partial charge in [-0.1, -0.05) is 37.3 Å². The van der Waals surface area contributed by atoms with Crippen LogP contribution in [0, 0.1) is 0 Å². The van der Waals surface area contributed by atoms with Crippen LogP contribution in [-0.4, -0.2) is 30.1 Å². The van der Waals surface area contributed by atoms with Gasteiger partial charge in [0.25, 0.3) is 0 Å². The molecular formula is C14H19NO2. The molecule has 2 rings (SSSR count). The van der Waals surface area contributed by atoms with E-state index in [9.17, 15) is 4.79 Å². The molecule has 0 aliphatic carbocycles. The molecule has 3 heteroatoms. The third-order valence-corrected chi connectivity index (χ3v) is 3.06. The Balaban J connectivity index is 1.80. The zero-order chi connectivity index (χ0) is 12.1. The van der Waals surface area contributed by atoms with Crippen LogP contribution in [0.2, 0.25) is 0 Å². The second-order valence-electron chi connectivity index (χ2n) is 4.47. The smallest absolute Gasteiger partial charge is 0.305 e. The SMILES string of the molecule is CCC(=O)OC1CCN(Cc2ccccc2)C1. The summed E-state index contributed by atoms with van der Waals surface area (Å²) < 4.78 is 5.35. The summed E-state index contributed by atoms with van der Waals surface area (Å²) in [6, 6.07) is 10.4. The molecule has 1 aliphatic rings. The van der Waals surface area contributed by atoms with Crippen molar-refractivity contribution in [2.24, 2.45) is 0 Å². The lowest BCUT2D eigenvalue weighted by molar-refractivity contribution is -0.148. The summed E-state index contributed by atoms with van der Waals surface area (Å²) in [5.41, 5.74) is 1.31. The van der Waals surface area contributed by atoms with Gasteiger partial charge >= 0.3 is 5.97 Å². The van der Waals surface area contributed by atoms with Crippen LogP contribution in [0.1, 0.15) is 25.3 Å². The molecule has 1 aliphatic heterocycles. The van der Waals surface area contributed by atoms with E-state index in [0.717, 1.165) is 26.1 Å². The van der Waals surface area contributed by atoms with Crippen LogP contribution in [0.15, 0.2) is 30.3 Å². The number of carbonyl (C=O) groups is 1. The first-order valence-corrected chi connectivity index (χ1v) is 6.23. The Bertz CT molecular complexity index is 364. The van der Waals surface area contributed by atoms with Gasteiger partial charge in [-0.3, -0.25) is 9.69 Å². The Morgan fingerprint density at radius 1 is 1.41 bits per heavy atom. The van der Waals surface area contributed by atoms with Crippen molar-refractivity contribution in [2.75, 3.05) is 13.1 Å². The highest BCUT2D eigenvalue weighted by Gasteiger charge is 2.24. The molecule has 0 amide bonds. The molecule has 1 aromatic carbocycles. The minimum Gasteiger partial charge on any atom is -0.461 e. The third kappa shape index (κ3) is 3.56. The van der Waals surface area contributed by atoms with Gasteiger partial charge in [0.15, 0.2) is 0 Å². The van der Waals surface area contributed by atoms with Crippen molar-refractivity contribution in [2.45, 2.75) is 32.4 Å². The van der Waals surface area contributed by atoms with E-state index < -0.39 is 0 Å². The molecule has 17 heavy (non-hydrogen) atoms. The maximum Gasteiger partial charge on any atom is 0.305 e. The number of carbonyl (C=O) groups excluding carboxylic acids is 1. The van der Waals surface area contributed by atoms with Crippen molar-refractivity contribution in [3.05, 3.63) is 35.9 Å². The minimum absolute atomic E-state index is 0.0865. The Morgan fingerprint density at radius 3 is 2.88 bits per heavy atom. The molecule has 0 spiro atoms. The first-order chi connectivity index (χ1) is 8.28. The number of hydrogen-bond donors (Lipinski definition) is 0. The van der Waals surface area contributed by atoms with Crippen molar-refractivity contribution in [1.82, 2.24) is 4.90 Å². The van der Waals surface area contributed by atoms with Crippen molar-refractivity contribution in [3.8, 4) is 0 Å². The van der Waals surface area contributed by atoms with Crippen LogP contribution < -0.4 is 0 Å². The second kappa shape index (κ2) is 5.82. The van der Waals surface area contributed by atoms with Gasteiger partial charge in [0.2, 0.25) is 0 Å². The largest absolute Gasteiger partial charge is 0.461 e. The van der Waals surface area contributed by atoms with E-state index in [1.807, 2.05) is 13.0 Å². The van der Waals surface area contributed by atoms with Gasteiger partial charge in [-0.15, -0.1) is 0 Å². The highest BCUT2D eigenvalue weighted by Crippen LogP contribution is 2.16. The van der Waals surface area contributed by atoms with Gasteiger partial charge in [0, 0.05) is 26.1 Å². The molecule has 3 nitrogen and oxygen atoms in total. The standard InChI is InChI=1S/C14H19NO2/c1-2-14(16)17-13-8-9-15(11-13)10-12-6-4-3-5-7-12/h3-7,13H,2,8-11H2,1H3. The van der Waals surface area contributed by atoms with Gasteiger partial charge in [0.05, 0.1) is 0 Å². The van der Waals surface area contributed by atoms with Crippen molar-refractivity contribution < 1.29 is 9.53 Å². The molecule has 0 bridgehead atoms. The Kier molecular flexibility index (Phi) is 4.15. The number of likely N-dealkylation sites (tertiary alicyclic amines) is 1. The van der Waals surface area contributed by atoms with E-state index in [1.54, 1.807) is 0 Å². The van der Waals surface area contributed by atoms with Gasteiger partial charge < -0.3 is 4.74 Å². The molecule has 0 N–H and O–H groups in total. The van der Waals surface area contributed by atoms with Gasteiger partial charge in [-0.05, 0) is 12.0 Å². The number of rotatable bonds is 4. The molecule has 0 aromatic heterocycles. The summed E-state index contributed by atoms with van der Waals surface area (Å²) >= 11 is 0. The maximum atomic E-state index is 11.2. The third-order valence-electron chi connectivity index (χ3n) is 3.06. The Hall–Kier alpha value is -1.35. The van der Waals surface area contributed by atoms with E-state index >= 15 is 0 Å². The molecule has 1 saturated heterocycles. The van der Waals surface area contributed by atoms with Crippen LogP contribution in [0.25, 0.3) is 0 Å². The van der Waals surface area contributed by atoms with Crippen LogP contribution in [0.4, 0.5) is 0 Å². The maximum absolute atomic E-state index is 11.2. The minimum atomic E-state index is -0.0865. The molecule has 0 saturated carbocycles. The topological polar surface area (TPSA) is 29.5 Å². The average molecular weight is 233 g/mol. The summed E-state index contributed by atoms with van der Waals surface area (Å²) in [6.45, 7) is 4.65. The summed E-state index contributed by atoms with van der Waals surface area (Å²) in [5, 5.41) is 0. The average Bonchev–Trinajstić information content (AvgIpc) is 2.77. The summed E-state index contributed by atoms with van der Waals surface area (Å²) in [7, 11) is 0. The molecule has 1 atom stereocenters. The fourth-order valence-electron chi connectivity index (χ4n) is 2.15. The molecule has 1 heterocycles. The molecule has 1 fully saturated rings. The van der Waals surface area contributed by atoms with Crippen LogP contribution >= 0.6 is 0 Å². The van der Waals surface area contributed by atoms with Crippen LogP contribution in [0.5, 0.6) is 0 Å². The predicted molar refractivity (Wildman–Crippen MR) is 66.5 cm³/mol. The first kappa shape index (κ1) is 12.1. The molecular weight excluding hydrogens is 214 g/mol. The lowest BCUT2D eigenvalue weighted by Crippen LogP contribution is -2.24. The predicted octanol–water partition coefficient (Wildman–Crippen LogP) is 2.21. The Labute approximate surface area is 102 Å². The lowest BCUT2D eigenvalue weighted by Gasteiger charge is -2.16. The van der Waals surface area contributed by atoms with Crippen molar-refractivity contribution in [3.63, 3.8) is 0 Å². The van der Waals surface area contributed by atoms with Gasteiger partial charge in [-0.2, -0.15) is 0 Å². The molecule has 1 unspecified atom stereocenters. The highest BCUT2D eigenvalue weighted by atomic mass is 16.5. The quantitative estimate of drug-likeness (QED) is 0.747. The second-order valence-corrected chi connectivity index (χ2v) is 4.47. The number of nitrogens with zero attached hydrogens (tertiary/aromatic N) is 1. The van der Waals surface area contributed by atoms with Crippen LogP contribution in [-0.2, 0) is 16.1 Å². The van der Waals surface area contributed by atoms with Gasteiger partial charge in [0.1, 0.15) is 6.10 Å². The van der Waals surface area contributed by atoms with E-state index in [2.05, 4.69) is 29.2 Å². The summed E-state index contributed by atoms with van der Waals surface area (Å²) in [6.07, 6.45) is 1.51. The number of hydrogen-bond acceptors (Lipinski definition) is 3. The van der Waals surface area contributed by atoms with Gasteiger partial charge in [-0.25, -0.2) is 0 Å².